The Bertz CT molecular complexity index is 2070. The number of hydrogen-bond acceptors (Lipinski definition) is 4. The average Bonchev–Trinajstić information content (AvgIpc) is 3.94. The van der Waals surface area contributed by atoms with Gasteiger partial charge in [0.05, 0.1) is 11.1 Å². The molecule has 0 N–H and O–H groups in total. The first-order valence-corrected chi connectivity index (χ1v) is 23.8. The summed E-state index contributed by atoms with van der Waals surface area (Å²) < 4.78 is 13.7. The van der Waals surface area contributed by atoms with E-state index in [4.69, 9.17) is 18.8 Å². The molecule has 0 radical (unpaired) electrons. The zero-order chi connectivity index (χ0) is 41.2. The van der Waals surface area contributed by atoms with Crippen LogP contribution in [0.4, 0.5) is 0 Å². The van der Waals surface area contributed by atoms with Crippen LogP contribution in [-0.2, 0) is 12.8 Å². The molecule has 7 rings (SSSR count). The molecule has 7 aromatic rings. The Balaban J connectivity index is 1.15. The van der Waals surface area contributed by atoms with E-state index in [1.54, 1.807) is 0 Å². The minimum absolute atomic E-state index is 0.596. The lowest BCUT2D eigenvalue weighted by molar-refractivity contribution is 0.556. The molecule has 4 heteroatoms. The molecular formula is C56H68N2O2. The standard InChI is InChI=1S/C56H68N2O2/c1-3-5-7-9-11-13-15-17-19-23-29-43-35-39-45(40-36-43)49-51-54(60-55(57-51)47-31-25-21-26-32-47)50(52-53(49)59-56(58-52)48-33-27-22-28-34-48)46-41-37-44(38-42-46)30-24-20-18-16-14-12-10-8-6-4-2/h21-22,25-28,31-42H,3-20,23-24,29-30H2,1-2H3. The maximum Gasteiger partial charge on any atom is 0.227 e. The van der Waals surface area contributed by atoms with E-state index in [-0.39, 0.29) is 0 Å². The molecule has 0 aliphatic heterocycles. The Kier molecular flexibility index (Phi) is 16.6. The number of fused-ring (bicyclic) bond motifs is 2. The number of unbranched alkanes of at least 4 members (excludes halogenated alkanes) is 18. The van der Waals surface area contributed by atoms with Gasteiger partial charge in [-0.15, -0.1) is 0 Å². The number of aromatic nitrogens is 2. The Labute approximate surface area is 360 Å². The third-order valence-electron chi connectivity index (χ3n) is 12.3. The number of benzene rings is 5. The highest BCUT2D eigenvalue weighted by molar-refractivity contribution is 6.16. The summed E-state index contributed by atoms with van der Waals surface area (Å²) in [4.78, 5) is 10.5. The molecule has 4 nitrogen and oxygen atoms in total. The largest absolute Gasteiger partial charge is 0.435 e. The van der Waals surface area contributed by atoms with Crippen molar-refractivity contribution in [1.82, 2.24) is 9.97 Å². The Hall–Kier alpha value is -4.96. The van der Waals surface area contributed by atoms with Gasteiger partial charge in [-0.05, 0) is 72.2 Å². The fourth-order valence-electron chi connectivity index (χ4n) is 8.79. The van der Waals surface area contributed by atoms with Crippen molar-refractivity contribution in [3.05, 3.63) is 120 Å². The van der Waals surface area contributed by atoms with Gasteiger partial charge >= 0.3 is 0 Å². The molecule has 2 aromatic heterocycles. The first-order chi connectivity index (χ1) is 29.7. The van der Waals surface area contributed by atoms with Crippen LogP contribution in [0.1, 0.15) is 153 Å². The van der Waals surface area contributed by atoms with Gasteiger partial charge in [0.25, 0.3) is 0 Å². The summed E-state index contributed by atoms with van der Waals surface area (Å²) in [6.07, 6.45) is 29.2. The van der Waals surface area contributed by atoms with Gasteiger partial charge in [-0.3, -0.25) is 0 Å². The van der Waals surface area contributed by atoms with Crippen LogP contribution < -0.4 is 0 Å². The molecule has 0 aliphatic carbocycles. The van der Waals surface area contributed by atoms with Crippen molar-refractivity contribution in [2.24, 2.45) is 0 Å². The molecule has 0 saturated heterocycles. The van der Waals surface area contributed by atoms with Crippen LogP contribution in [-0.4, -0.2) is 9.97 Å². The maximum absolute atomic E-state index is 6.84. The van der Waals surface area contributed by atoms with Crippen LogP contribution in [0.2, 0.25) is 0 Å². The lowest BCUT2D eigenvalue weighted by atomic mass is 9.94. The quantitative estimate of drug-likeness (QED) is 0.0512. The highest BCUT2D eigenvalue weighted by atomic mass is 16.4. The number of nitrogens with zero attached hydrogens (tertiary/aromatic N) is 2. The first-order valence-electron chi connectivity index (χ1n) is 23.8. The monoisotopic (exact) mass is 801 g/mol. The van der Waals surface area contributed by atoms with Crippen molar-refractivity contribution in [2.75, 3.05) is 0 Å². The number of hydrogen-bond donors (Lipinski definition) is 0. The zero-order valence-corrected chi connectivity index (χ0v) is 36.7. The predicted octanol–water partition coefficient (Wildman–Crippen LogP) is 17.6. The van der Waals surface area contributed by atoms with E-state index in [9.17, 15) is 0 Å². The third kappa shape index (κ3) is 11.6. The third-order valence-corrected chi connectivity index (χ3v) is 12.3. The van der Waals surface area contributed by atoms with E-state index in [0.29, 0.717) is 11.8 Å². The van der Waals surface area contributed by atoms with Crippen LogP contribution in [0.15, 0.2) is 118 Å². The normalized spacial score (nSPS) is 11.6. The van der Waals surface area contributed by atoms with Gasteiger partial charge in [0.1, 0.15) is 11.0 Å². The van der Waals surface area contributed by atoms with Gasteiger partial charge in [-0.1, -0.05) is 214 Å². The molecule has 0 fully saturated rings. The summed E-state index contributed by atoms with van der Waals surface area (Å²) >= 11 is 0. The van der Waals surface area contributed by atoms with E-state index in [0.717, 1.165) is 68.4 Å². The Morgan fingerprint density at radius 3 is 0.983 bits per heavy atom. The minimum Gasteiger partial charge on any atom is -0.435 e. The molecule has 0 amide bonds. The molecule has 60 heavy (non-hydrogen) atoms. The summed E-state index contributed by atoms with van der Waals surface area (Å²) in [6.45, 7) is 4.58. The van der Waals surface area contributed by atoms with E-state index in [1.165, 1.54) is 140 Å². The summed E-state index contributed by atoms with van der Waals surface area (Å²) in [5.41, 5.74) is 11.6. The van der Waals surface area contributed by atoms with E-state index in [2.05, 4.69) is 86.6 Å². The van der Waals surface area contributed by atoms with Gasteiger partial charge < -0.3 is 8.83 Å². The second-order valence-corrected chi connectivity index (χ2v) is 17.1. The Morgan fingerprint density at radius 1 is 0.333 bits per heavy atom. The molecule has 2 heterocycles. The van der Waals surface area contributed by atoms with Crippen LogP contribution in [0.5, 0.6) is 0 Å². The van der Waals surface area contributed by atoms with Gasteiger partial charge in [0, 0.05) is 11.1 Å². The molecule has 0 aliphatic rings. The number of aryl methyl sites for hydroxylation is 2. The minimum atomic E-state index is 0.596. The molecule has 0 spiro atoms. The van der Waals surface area contributed by atoms with E-state index >= 15 is 0 Å². The van der Waals surface area contributed by atoms with Crippen molar-refractivity contribution >= 4 is 22.2 Å². The fraction of sp³-hybridized carbons (Fsp3) is 0.429. The first kappa shape index (κ1) is 43.1. The summed E-state index contributed by atoms with van der Waals surface area (Å²) in [5, 5.41) is 0. The SMILES string of the molecule is CCCCCCCCCCCCc1ccc(-c2c3nc(-c4ccccc4)oc3c(-c3ccc(CCCCCCCCCCCC)cc3)c3nc(-c4ccccc4)oc23)cc1. The van der Waals surface area contributed by atoms with Crippen molar-refractivity contribution in [1.29, 1.82) is 0 Å². The predicted molar refractivity (Wildman–Crippen MR) is 254 cm³/mol. The van der Waals surface area contributed by atoms with Crippen molar-refractivity contribution in [3.63, 3.8) is 0 Å². The summed E-state index contributed by atoms with van der Waals surface area (Å²) in [5.74, 6) is 1.19. The van der Waals surface area contributed by atoms with E-state index < -0.39 is 0 Å². The smallest absolute Gasteiger partial charge is 0.227 e. The molecule has 0 atom stereocenters. The molecule has 0 saturated carbocycles. The topological polar surface area (TPSA) is 52.1 Å². The van der Waals surface area contributed by atoms with Crippen LogP contribution in [0.25, 0.3) is 67.4 Å². The van der Waals surface area contributed by atoms with Crippen LogP contribution in [0.3, 0.4) is 0 Å². The second kappa shape index (κ2) is 23.1. The zero-order valence-electron chi connectivity index (χ0n) is 36.7. The lowest BCUT2D eigenvalue weighted by Crippen LogP contribution is -1.91. The maximum atomic E-state index is 6.84. The van der Waals surface area contributed by atoms with Crippen molar-refractivity contribution in [3.8, 4) is 45.2 Å². The van der Waals surface area contributed by atoms with Gasteiger partial charge in [-0.2, -0.15) is 0 Å². The number of oxazole rings is 2. The van der Waals surface area contributed by atoms with Gasteiger partial charge in [-0.25, -0.2) is 9.97 Å². The molecule has 0 unspecified atom stereocenters. The molecular weight excluding hydrogens is 733 g/mol. The Morgan fingerprint density at radius 2 is 0.650 bits per heavy atom. The fourth-order valence-corrected chi connectivity index (χ4v) is 8.79. The lowest BCUT2D eigenvalue weighted by Gasteiger charge is -2.10. The summed E-state index contributed by atoms with van der Waals surface area (Å²) in [7, 11) is 0. The van der Waals surface area contributed by atoms with E-state index in [1.807, 2.05) is 36.4 Å². The van der Waals surface area contributed by atoms with Crippen LogP contribution in [0, 0.1) is 0 Å². The molecule has 5 aromatic carbocycles. The van der Waals surface area contributed by atoms with Gasteiger partial charge in [0.2, 0.25) is 11.8 Å². The van der Waals surface area contributed by atoms with Crippen LogP contribution >= 0.6 is 0 Å². The molecule has 314 valence electrons. The highest BCUT2D eigenvalue weighted by Crippen LogP contribution is 2.46. The van der Waals surface area contributed by atoms with Gasteiger partial charge in [0.15, 0.2) is 11.2 Å². The molecule has 0 bridgehead atoms. The van der Waals surface area contributed by atoms with Crippen molar-refractivity contribution < 1.29 is 8.83 Å². The number of rotatable bonds is 26. The van der Waals surface area contributed by atoms with Crippen molar-refractivity contribution in [2.45, 2.75) is 155 Å². The second-order valence-electron chi connectivity index (χ2n) is 17.1. The highest BCUT2D eigenvalue weighted by Gasteiger charge is 2.27. The average molecular weight is 801 g/mol. The summed E-state index contributed by atoms with van der Waals surface area (Å²) in [6, 6.07) is 38.5.